The number of hydrogen-bond donors (Lipinski definition) is 2. The Morgan fingerprint density at radius 2 is 2.33 bits per heavy atom. The van der Waals surface area contributed by atoms with Gasteiger partial charge in [-0.2, -0.15) is 0 Å². The zero-order valence-electron chi connectivity index (χ0n) is 11.1. The molecule has 0 radical (unpaired) electrons. The van der Waals surface area contributed by atoms with Crippen molar-refractivity contribution in [3.05, 3.63) is 29.3 Å². The molecule has 18 heavy (non-hydrogen) atoms. The van der Waals surface area contributed by atoms with E-state index < -0.39 is 0 Å². The lowest BCUT2D eigenvalue weighted by Crippen LogP contribution is -2.30. The van der Waals surface area contributed by atoms with Crippen LogP contribution >= 0.6 is 0 Å². The fourth-order valence-electron chi connectivity index (χ4n) is 2.41. The summed E-state index contributed by atoms with van der Waals surface area (Å²) in [7, 11) is 2.11. The standard InChI is InChI=1S/C14H21N3O/c1-10-3-4-12(15)7-13(10)14(18)16-8-11-5-6-17(2)9-11/h3-4,7,11H,5-6,8-9,15H2,1-2H3,(H,16,18). The molecule has 2 rings (SSSR count). The minimum Gasteiger partial charge on any atom is -0.399 e. The van der Waals surface area contributed by atoms with E-state index in [1.807, 2.05) is 19.1 Å². The van der Waals surface area contributed by atoms with Gasteiger partial charge in [-0.25, -0.2) is 0 Å². The average molecular weight is 247 g/mol. The van der Waals surface area contributed by atoms with E-state index in [1.54, 1.807) is 6.07 Å². The number of nitrogens with zero attached hydrogens (tertiary/aromatic N) is 1. The molecule has 1 amide bonds. The van der Waals surface area contributed by atoms with Crippen LogP contribution < -0.4 is 11.1 Å². The van der Waals surface area contributed by atoms with Crippen LogP contribution in [0.1, 0.15) is 22.3 Å². The zero-order chi connectivity index (χ0) is 13.1. The minimum absolute atomic E-state index is 0.0191. The highest BCUT2D eigenvalue weighted by Crippen LogP contribution is 2.15. The molecule has 1 aliphatic heterocycles. The van der Waals surface area contributed by atoms with Crippen molar-refractivity contribution in [3.63, 3.8) is 0 Å². The summed E-state index contributed by atoms with van der Waals surface area (Å²) in [6, 6.07) is 5.44. The van der Waals surface area contributed by atoms with Gasteiger partial charge in [0.1, 0.15) is 0 Å². The van der Waals surface area contributed by atoms with E-state index in [4.69, 9.17) is 5.73 Å². The van der Waals surface area contributed by atoms with Crippen LogP contribution in [0.2, 0.25) is 0 Å². The summed E-state index contributed by atoms with van der Waals surface area (Å²) in [6.45, 7) is 4.86. The van der Waals surface area contributed by atoms with E-state index in [1.165, 1.54) is 0 Å². The Bertz CT molecular complexity index is 445. The number of likely N-dealkylation sites (tertiary alicyclic amines) is 1. The van der Waals surface area contributed by atoms with E-state index in [0.717, 1.165) is 31.6 Å². The summed E-state index contributed by atoms with van der Waals surface area (Å²) in [5.74, 6) is 0.551. The Balaban J connectivity index is 1.93. The molecule has 1 aromatic carbocycles. The second-order valence-electron chi connectivity index (χ2n) is 5.20. The number of amides is 1. The normalized spacial score (nSPS) is 20.0. The molecule has 4 heteroatoms. The predicted octanol–water partition coefficient (Wildman–Crippen LogP) is 1.26. The number of aryl methyl sites for hydroxylation is 1. The molecule has 98 valence electrons. The van der Waals surface area contributed by atoms with E-state index in [-0.39, 0.29) is 5.91 Å². The highest BCUT2D eigenvalue weighted by atomic mass is 16.1. The van der Waals surface area contributed by atoms with Crippen molar-refractivity contribution in [1.82, 2.24) is 10.2 Å². The van der Waals surface area contributed by atoms with Gasteiger partial charge in [0, 0.05) is 24.3 Å². The molecule has 0 spiro atoms. The molecule has 4 nitrogen and oxygen atoms in total. The Kier molecular flexibility index (Phi) is 3.87. The lowest BCUT2D eigenvalue weighted by molar-refractivity contribution is 0.0947. The van der Waals surface area contributed by atoms with E-state index in [0.29, 0.717) is 17.2 Å². The van der Waals surface area contributed by atoms with Crippen molar-refractivity contribution in [3.8, 4) is 0 Å². The van der Waals surface area contributed by atoms with E-state index >= 15 is 0 Å². The Morgan fingerprint density at radius 1 is 1.56 bits per heavy atom. The van der Waals surface area contributed by atoms with Crippen molar-refractivity contribution in [1.29, 1.82) is 0 Å². The van der Waals surface area contributed by atoms with Gasteiger partial charge >= 0.3 is 0 Å². The molecule has 0 aliphatic carbocycles. The van der Waals surface area contributed by atoms with Crippen molar-refractivity contribution in [2.45, 2.75) is 13.3 Å². The third-order valence-electron chi connectivity index (χ3n) is 3.55. The largest absolute Gasteiger partial charge is 0.399 e. The van der Waals surface area contributed by atoms with Crippen LogP contribution in [0, 0.1) is 12.8 Å². The molecule has 0 saturated carbocycles. The van der Waals surface area contributed by atoms with Gasteiger partial charge in [-0.1, -0.05) is 6.07 Å². The maximum atomic E-state index is 12.1. The summed E-state index contributed by atoms with van der Waals surface area (Å²) < 4.78 is 0. The Morgan fingerprint density at radius 3 is 3.00 bits per heavy atom. The van der Waals surface area contributed by atoms with Crippen molar-refractivity contribution in [2.24, 2.45) is 5.92 Å². The predicted molar refractivity (Wildman–Crippen MR) is 73.5 cm³/mol. The highest BCUT2D eigenvalue weighted by molar-refractivity contribution is 5.96. The number of carbonyl (C=O) groups is 1. The molecule has 0 bridgehead atoms. The highest BCUT2D eigenvalue weighted by Gasteiger charge is 2.20. The summed E-state index contributed by atoms with van der Waals surface area (Å²) in [5.41, 5.74) is 7.99. The Labute approximate surface area is 108 Å². The molecule has 1 atom stereocenters. The number of nitrogens with one attached hydrogen (secondary N) is 1. The maximum Gasteiger partial charge on any atom is 0.251 e. The summed E-state index contributed by atoms with van der Waals surface area (Å²) in [6.07, 6.45) is 1.16. The maximum absolute atomic E-state index is 12.1. The van der Waals surface area contributed by atoms with Crippen LogP contribution in [0.4, 0.5) is 5.69 Å². The van der Waals surface area contributed by atoms with Gasteiger partial charge in [0.2, 0.25) is 0 Å². The van der Waals surface area contributed by atoms with Gasteiger partial charge in [-0.15, -0.1) is 0 Å². The van der Waals surface area contributed by atoms with Gasteiger partial charge in [-0.05, 0) is 50.6 Å². The molecular formula is C14H21N3O. The number of hydrogen-bond acceptors (Lipinski definition) is 3. The number of nitrogen functional groups attached to an aromatic ring is 1. The number of nitrogens with two attached hydrogens (primary N) is 1. The van der Waals surface area contributed by atoms with Crippen LogP contribution in [-0.4, -0.2) is 37.5 Å². The Hall–Kier alpha value is -1.55. The fourth-order valence-corrected chi connectivity index (χ4v) is 2.41. The average Bonchev–Trinajstić information content (AvgIpc) is 2.75. The van der Waals surface area contributed by atoms with Gasteiger partial charge < -0.3 is 16.0 Å². The molecule has 1 aliphatic rings. The quantitative estimate of drug-likeness (QED) is 0.791. The topological polar surface area (TPSA) is 58.4 Å². The molecule has 1 fully saturated rings. The lowest BCUT2D eigenvalue weighted by atomic mass is 10.1. The van der Waals surface area contributed by atoms with Crippen LogP contribution in [0.3, 0.4) is 0 Å². The number of rotatable bonds is 3. The van der Waals surface area contributed by atoms with Crippen LogP contribution in [0.5, 0.6) is 0 Å². The first-order valence-corrected chi connectivity index (χ1v) is 6.39. The molecule has 0 aromatic heterocycles. The summed E-state index contributed by atoms with van der Waals surface area (Å²) >= 11 is 0. The molecule has 3 N–H and O–H groups in total. The SMILES string of the molecule is Cc1ccc(N)cc1C(=O)NCC1CCN(C)C1. The third-order valence-corrected chi connectivity index (χ3v) is 3.55. The monoisotopic (exact) mass is 247 g/mol. The molecule has 1 aromatic rings. The van der Waals surface area contributed by atoms with Gasteiger partial charge in [0.15, 0.2) is 0 Å². The van der Waals surface area contributed by atoms with Crippen LogP contribution in [0.25, 0.3) is 0 Å². The number of carbonyl (C=O) groups excluding carboxylic acids is 1. The van der Waals surface area contributed by atoms with Gasteiger partial charge in [0.05, 0.1) is 0 Å². The molecule has 1 saturated heterocycles. The van der Waals surface area contributed by atoms with Gasteiger partial charge in [0.25, 0.3) is 5.91 Å². The number of anilines is 1. The first-order chi connectivity index (χ1) is 8.56. The first-order valence-electron chi connectivity index (χ1n) is 6.39. The van der Waals surface area contributed by atoms with Gasteiger partial charge in [-0.3, -0.25) is 4.79 Å². The minimum atomic E-state index is -0.0191. The van der Waals surface area contributed by atoms with Crippen LogP contribution in [-0.2, 0) is 0 Å². The second-order valence-corrected chi connectivity index (χ2v) is 5.20. The second kappa shape index (κ2) is 5.40. The zero-order valence-corrected chi connectivity index (χ0v) is 11.1. The smallest absolute Gasteiger partial charge is 0.251 e. The van der Waals surface area contributed by atoms with E-state index in [9.17, 15) is 4.79 Å². The molecule has 1 unspecified atom stereocenters. The fraction of sp³-hybridized carbons (Fsp3) is 0.500. The van der Waals surface area contributed by atoms with Crippen molar-refractivity contribution in [2.75, 3.05) is 32.4 Å². The summed E-state index contributed by atoms with van der Waals surface area (Å²) in [4.78, 5) is 14.4. The number of benzene rings is 1. The van der Waals surface area contributed by atoms with Crippen molar-refractivity contribution < 1.29 is 4.79 Å². The van der Waals surface area contributed by atoms with E-state index in [2.05, 4.69) is 17.3 Å². The molecule has 1 heterocycles. The third kappa shape index (κ3) is 3.01. The van der Waals surface area contributed by atoms with Crippen molar-refractivity contribution >= 4 is 11.6 Å². The lowest BCUT2D eigenvalue weighted by Gasteiger charge is -2.13. The first kappa shape index (κ1) is 12.9. The molecular weight excluding hydrogens is 226 g/mol. The summed E-state index contributed by atoms with van der Waals surface area (Å²) in [5, 5.41) is 3.01. The van der Waals surface area contributed by atoms with Crippen LogP contribution in [0.15, 0.2) is 18.2 Å².